The predicted molar refractivity (Wildman–Crippen MR) is 41.0 cm³/mol. The Morgan fingerprint density at radius 3 is 2.92 bits per heavy atom. The van der Waals surface area contributed by atoms with E-state index in [0.717, 1.165) is 4.68 Å². The quantitative estimate of drug-likeness (QED) is 0.628. The summed E-state index contributed by atoms with van der Waals surface area (Å²) in [5.41, 5.74) is 1.09. The van der Waals surface area contributed by atoms with Gasteiger partial charge in [-0.05, 0) is 12.1 Å². The zero-order valence-corrected chi connectivity index (χ0v) is 6.01. The predicted octanol–water partition coefficient (Wildman–Crippen LogP) is 0.957. The largest absolute Gasteiger partial charge is 0.463 e. The molecule has 12 heavy (non-hydrogen) atoms. The Bertz CT molecular complexity index is 435. The summed E-state index contributed by atoms with van der Waals surface area (Å²) in [6.45, 7) is 0. The summed E-state index contributed by atoms with van der Waals surface area (Å²) < 4.78 is 0.843. The number of fused-ring (bicyclic) bond motifs is 1. The van der Waals surface area contributed by atoms with Crippen LogP contribution in [0.25, 0.3) is 11.0 Å². The van der Waals surface area contributed by atoms with Gasteiger partial charge in [-0.15, -0.1) is 9.78 Å². The minimum Gasteiger partial charge on any atom is -0.463 e. The van der Waals surface area contributed by atoms with Crippen molar-refractivity contribution in [1.29, 1.82) is 0 Å². The summed E-state index contributed by atoms with van der Waals surface area (Å²) in [7, 11) is 0. The Kier molecular flexibility index (Phi) is 1.30. The fourth-order valence-electron chi connectivity index (χ4n) is 1.01. The lowest BCUT2D eigenvalue weighted by atomic mass is 10.3. The fraction of sp³-hybridized carbons (Fsp3) is 0. The molecule has 0 aliphatic rings. The van der Waals surface area contributed by atoms with Crippen LogP contribution in [-0.4, -0.2) is 26.2 Å². The first-order valence-corrected chi connectivity index (χ1v) is 3.33. The second kappa shape index (κ2) is 2.30. The number of para-hydroxylation sites is 1. The van der Waals surface area contributed by atoms with Crippen LogP contribution in [0.3, 0.4) is 0 Å². The van der Waals surface area contributed by atoms with Crippen molar-refractivity contribution in [3.8, 4) is 0 Å². The molecule has 1 aromatic heterocycles. The number of rotatable bonds is 0. The minimum atomic E-state index is -1.12. The highest BCUT2D eigenvalue weighted by Crippen LogP contribution is 2.08. The van der Waals surface area contributed by atoms with E-state index in [1.807, 2.05) is 0 Å². The van der Waals surface area contributed by atoms with E-state index >= 15 is 0 Å². The van der Waals surface area contributed by atoms with E-state index in [4.69, 9.17) is 5.11 Å². The molecule has 0 saturated heterocycles. The van der Waals surface area contributed by atoms with E-state index in [1.54, 1.807) is 24.3 Å². The number of hydrogen-bond acceptors (Lipinski definition) is 3. The standard InChI is InChI=1S/C7H5N3O2/c11-7(12)10-6-4-2-1-3-5(6)8-9-10/h1-4H,(H,11,12). The molecule has 1 heterocycles. The maximum atomic E-state index is 10.5. The zero-order chi connectivity index (χ0) is 8.55. The average molecular weight is 163 g/mol. The highest BCUT2D eigenvalue weighted by Gasteiger charge is 2.07. The van der Waals surface area contributed by atoms with Crippen molar-refractivity contribution in [2.24, 2.45) is 0 Å². The Balaban J connectivity index is 2.79. The highest BCUT2D eigenvalue weighted by molar-refractivity contribution is 5.83. The maximum Gasteiger partial charge on any atom is 0.434 e. The summed E-state index contributed by atoms with van der Waals surface area (Å²) >= 11 is 0. The van der Waals surface area contributed by atoms with Crippen LogP contribution in [0.2, 0.25) is 0 Å². The van der Waals surface area contributed by atoms with E-state index in [1.165, 1.54) is 0 Å². The number of benzene rings is 1. The van der Waals surface area contributed by atoms with Crippen LogP contribution in [-0.2, 0) is 0 Å². The van der Waals surface area contributed by atoms with Gasteiger partial charge < -0.3 is 5.11 Å². The van der Waals surface area contributed by atoms with Crippen LogP contribution in [0.1, 0.15) is 0 Å². The second-order valence-electron chi connectivity index (χ2n) is 2.27. The summed E-state index contributed by atoms with van der Waals surface area (Å²) in [5.74, 6) is 0. The van der Waals surface area contributed by atoms with Gasteiger partial charge in [0.05, 0.1) is 0 Å². The molecular formula is C7H5N3O2. The third-order valence-electron chi connectivity index (χ3n) is 1.53. The van der Waals surface area contributed by atoms with Gasteiger partial charge in [0, 0.05) is 0 Å². The lowest BCUT2D eigenvalue weighted by Gasteiger charge is -1.90. The summed E-state index contributed by atoms with van der Waals surface area (Å²) in [4.78, 5) is 10.5. The van der Waals surface area contributed by atoms with Gasteiger partial charge in [0.15, 0.2) is 0 Å². The molecule has 0 saturated carbocycles. The molecule has 60 valence electrons. The van der Waals surface area contributed by atoms with Crippen molar-refractivity contribution in [2.45, 2.75) is 0 Å². The van der Waals surface area contributed by atoms with Crippen LogP contribution in [0.5, 0.6) is 0 Å². The molecule has 0 bridgehead atoms. The van der Waals surface area contributed by atoms with Crippen molar-refractivity contribution in [1.82, 2.24) is 15.0 Å². The van der Waals surface area contributed by atoms with E-state index < -0.39 is 6.09 Å². The lowest BCUT2D eigenvalue weighted by Crippen LogP contribution is -2.09. The van der Waals surface area contributed by atoms with Crippen LogP contribution >= 0.6 is 0 Å². The molecule has 0 spiro atoms. The first-order chi connectivity index (χ1) is 5.79. The van der Waals surface area contributed by atoms with Crippen LogP contribution in [0, 0.1) is 0 Å². The van der Waals surface area contributed by atoms with E-state index in [0.29, 0.717) is 11.0 Å². The van der Waals surface area contributed by atoms with Gasteiger partial charge in [-0.25, -0.2) is 4.79 Å². The third-order valence-corrected chi connectivity index (χ3v) is 1.53. The van der Waals surface area contributed by atoms with Crippen LogP contribution in [0.4, 0.5) is 4.79 Å². The molecule has 5 nitrogen and oxygen atoms in total. The van der Waals surface area contributed by atoms with Gasteiger partial charge in [0.1, 0.15) is 11.0 Å². The molecule has 0 aliphatic heterocycles. The van der Waals surface area contributed by atoms with Crippen molar-refractivity contribution in [3.05, 3.63) is 24.3 Å². The van der Waals surface area contributed by atoms with Gasteiger partial charge in [0.2, 0.25) is 0 Å². The Hall–Kier alpha value is -1.91. The molecule has 0 fully saturated rings. The first kappa shape index (κ1) is 6.78. The number of nitrogens with zero attached hydrogens (tertiary/aromatic N) is 3. The molecule has 0 amide bonds. The number of aromatic nitrogens is 3. The van der Waals surface area contributed by atoms with Gasteiger partial charge >= 0.3 is 6.09 Å². The molecule has 1 aromatic carbocycles. The molecule has 1 N–H and O–H groups in total. The first-order valence-electron chi connectivity index (χ1n) is 3.33. The van der Waals surface area contributed by atoms with E-state index in [9.17, 15) is 4.79 Å². The number of carbonyl (C=O) groups is 1. The van der Waals surface area contributed by atoms with Gasteiger partial charge in [-0.2, -0.15) is 0 Å². The van der Waals surface area contributed by atoms with E-state index in [-0.39, 0.29) is 0 Å². The highest BCUT2D eigenvalue weighted by atomic mass is 16.4. The number of hydrogen-bond donors (Lipinski definition) is 1. The summed E-state index contributed by atoms with van der Waals surface area (Å²) in [6.07, 6.45) is -1.12. The molecule has 0 radical (unpaired) electrons. The topological polar surface area (TPSA) is 68.0 Å². The molecule has 0 aliphatic carbocycles. The second-order valence-corrected chi connectivity index (χ2v) is 2.27. The smallest absolute Gasteiger partial charge is 0.434 e. The van der Waals surface area contributed by atoms with Crippen molar-refractivity contribution >= 4 is 17.1 Å². The van der Waals surface area contributed by atoms with Crippen molar-refractivity contribution in [3.63, 3.8) is 0 Å². The molecule has 2 rings (SSSR count). The zero-order valence-electron chi connectivity index (χ0n) is 6.01. The molecule has 0 unspecified atom stereocenters. The molecule has 2 aromatic rings. The third kappa shape index (κ3) is 0.833. The molecule has 5 heteroatoms. The number of carboxylic acid groups (broad SMARTS) is 1. The fourth-order valence-corrected chi connectivity index (χ4v) is 1.01. The van der Waals surface area contributed by atoms with Crippen LogP contribution in [0.15, 0.2) is 24.3 Å². The maximum absolute atomic E-state index is 10.5. The van der Waals surface area contributed by atoms with Crippen molar-refractivity contribution in [2.75, 3.05) is 0 Å². The minimum absolute atomic E-state index is 0.505. The lowest BCUT2D eigenvalue weighted by molar-refractivity contribution is 0.193. The SMILES string of the molecule is O=C(O)n1nnc2ccccc21. The average Bonchev–Trinajstić information content (AvgIpc) is 2.47. The molecular weight excluding hydrogens is 158 g/mol. The Morgan fingerprint density at radius 2 is 2.17 bits per heavy atom. The summed E-state index contributed by atoms with van der Waals surface area (Å²) in [5, 5.41) is 15.8. The molecule has 0 atom stereocenters. The Labute approximate surface area is 67.2 Å². The Morgan fingerprint density at radius 1 is 1.42 bits per heavy atom. The van der Waals surface area contributed by atoms with Gasteiger partial charge in [0.25, 0.3) is 0 Å². The van der Waals surface area contributed by atoms with E-state index in [2.05, 4.69) is 10.3 Å². The van der Waals surface area contributed by atoms with Crippen molar-refractivity contribution < 1.29 is 9.90 Å². The van der Waals surface area contributed by atoms with Crippen LogP contribution < -0.4 is 0 Å². The van der Waals surface area contributed by atoms with Gasteiger partial charge in [-0.3, -0.25) is 0 Å². The van der Waals surface area contributed by atoms with Gasteiger partial charge in [-0.1, -0.05) is 17.3 Å². The summed E-state index contributed by atoms with van der Waals surface area (Å²) in [6, 6.07) is 6.89. The normalized spacial score (nSPS) is 10.3. The monoisotopic (exact) mass is 163 g/mol.